The van der Waals surface area contributed by atoms with Gasteiger partial charge in [0.1, 0.15) is 5.54 Å². The highest BCUT2D eigenvalue weighted by Crippen LogP contribution is 2.49. The molecule has 22 heavy (non-hydrogen) atoms. The average Bonchev–Trinajstić information content (AvgIpc) is 2.37. The first-order valence-corrected chi connectivity index (χ1v) is 7.55. The van der Waals surface area contributed by atoms with E-state index in [0.29, 0.717) is 25.6 Å². The number of ether oxygens (including phenoxy) is 1. The van der Waals surface area contributed by atoms with Crippen molar-refractivity contribution in [2.45, 2.75) is 58.7 Å². The summed E-state index contributed by atoms with van der Waals surface area (Å²) in [5.74, 6) is -0.0596. The summed E-state index contributed by atoms with van der Waals surface area (Å²) in [6.07, 6.45) is 0.668. The summed E-state index contributed by atoms with van der Waals surface area (Å²) in [7, 11) is 2.05. The van der Waals surface area contributed by atoms with Gasteiger partial charge in [-0.2, -0.15) is 0 Å². The molecule has 1 aliphatic rings. The first-order valence-electron chi connectivity index (χ1n) is 7.55. The summed E-state index contributed by atoms with van der Waals surface area (Å²) >= 11 is 0. The van der Waals surface area contributed by atoms with Gasteiger partial charge in [-0.25, -0.2) is 0 Å². The van der Waals surface area contributed by atoms with Crippen LogP contribution in [-0.2, 0) is 9.53 Å². The monoisotopic (exact) mass is 357 g/mol. The van der Waals surface area contributed by atoms with Gasteiger partial charge < -0.3 is 20.7 Å². The van der Waals surface area contributed by atoms with E-state index < -0.39 is 5.54 Å². The third-order valence-corrected chi connectivity index (χ3v) is 4.87. The lowest BCUT2D eigenvalue weighted by Crippen LogP contribution is -2.75. The van der Waals surface area contributed by atoms with Gasteiger partial charge in [-0.3, -0.25) is 4.79 Å². The molecule has 1 aliphatic carbocycles. The standard InChI is InChI=1S/C15H31N3O2.2ClH/c1-7-20-12-10-15(16,14(12,4)5)13(19)17-8-9-18(6)11(2)3;;/h11-12H,7-10,16H2,1-6H3,(H,17,19);2*1H. The summed E-state index contributed by atoms with van der Waals surface area (Å²) < 4.78 is 5.64. The fourth-order valence-corrected chi connectivity index (χ4v) is 2.58. The summed E-state index contributed by atoms with van der Waals surface area (Å²) in [6, 6.07) is 0.473. The Labute approximate surface area is 147 Å². The maximum atomic E-state index is 12.4. The Morgan fingerprint density at radius 2 is 1.95 bits per heavy atom. The molecule has 5 nitrogen and oxygen atoms in total. The van der Waals surface area contributed by atoms with E-state index >= 15 is 0 Å². The number of rotatable bonds is 7. The molecule has 1 fully saturated rings. The summed E-state index contributed by atoms with van der Waals surface area (Å²) in [4.78, 5) is 14.5. The topological polar surface area (TPSA) is 67.6 Å². The Hall–Kier alpha value is -0.0700. The summed E-state index contributed by atoms with van der Waals surface area (Å²) in [5.41, 5.74) is 5.18. The second-order valence-corrected chi connectivity index (χ2v) is 6.67. The molecule has 0 radical (unpaired) electrons. The van der Waals surface area contributed by atoms with Crippen LogP contribution in [0.1, 0.15) is 41.0 Å². The molecule has 0 aromatic heterocycles. The number of nitrogens with one attached hydrogen (secondary N) is 1. The summed E-state index contributed by atoms with van der Waals surface area (Å²) in [6.45, 7) is 12.4. The van der Waals surface area contributed by atoms with Crippen LogP contribution in [0, 0.1) is 5.41 Å². The number of nitrogens with two attached hydrogens (primary N) is 1. The van der Waals surface area contributed by atoms with Crippen molar-refractivity contribution >= 4 is 30.7 Å². The highest BCUT2D eigenvalue weighted by Gasteiger charge is 2.62. The third-order valence-electron chi connectivity index (χ3n) is 4.87. The quantitative estimate of drug-likeness (QED) is 0.729. The van der Waals surface area contributed by atoms with Crippen molar-refractivity contribution in [1.29, 1.82) is 0 Å². The van der Waals surface area contributed by atoms with Gasteiger partial charge in [-0.05, 0) is 27.8 Å². The zero-order valence-corrected chi connectivity index (χ0v) is 16.3. The molecule has 0 bridgehead atoms. The molecule has 0 aliphatic heterocycles. The zero-order chi connectivity index (χ0) is 15.6. The highest BCUT2D eigenvalue weighted by molar-refractivity contribution is 5.88. The molecule has 0 heterocycles. The van der Waals surface area contributed by atoms with Crippen LogP contribution in [0.4, 0.5) is 0 Å². The minimum atomic E-state index is -0.816. The van der Waals surface area contributed by atoms with E-state index in [9.17, 15) is 4.79 Å². The van der Waals surface area contributed by atoms with Crippen LogP contribution in [0.25, 0.3) is 0 Å². The molecule has 2 unspecified atom stereocenters. The molecule has 134 valence electrons. The van der Waals surface area contributed by atoms with Crippen molar-refractivity contribution < 1.29 is 9.53 Å². The van der Waals surface area contributed by atoms with Crippen LogP contribution in [0.3, 0.4) is 0 Å². The van der Waals surface area contributed by atoms with E-state index in [1.807, 2.05) is 27.8 Å². The van der Waals surface area contributed by atoms with Crippen molar-refractivity contribution in [3.63, 3.8) is 0 Å². The molecule has 1 rings (SSSR count). The van der Waals surface area contributed by atoms with Crippen LogP contribution in [0.15, 0.2) is 0 Å². The largest absolute Gasteiger partial charge is 0.378 e. The molecule has 1 saturated carbocycles. The van der Waals surface area contributed by atoms with Gasteiger partial charge in [0.25, 0.3) is 0 Å². The number of amides is 1. The number of carbonyl (C=O) groups excluding carboxylic acids is 1. The van der Waals surface area contributed by atoms with Crippen LogP contribution < -0.4 is 11.1 Å². The second-order valence-electron chi connectivity index (χ2n) is 6.67. The van der Waals surface area contributed by atoms with Crippen LogP contribution in [0.2, 0.25) is 0 Å². The predicted molar refractivity (Wildman–Crippen MR) is 96.0 cm³/mol. The van der Waals surface area contributed by atoms with Gasteiger partial charge in [-0.15, -0.1) is 24.8 Å². The Balaban J connectivity index is 0. The van der Waals surface area contributed by atoms with Crippen molar-refractivity contribution in [1.82, 2.24) is 10.2 Å². The molecule has 0 aromatic carbocycles. The molecule has 1 amide bonds. The van der Waals surface area contributed by atoms with E-state index in [1.54, 1.807) is 0 Å². The minimum Gasteiger partial charge on any atom is -0.378 e. The molecule has 0 saturated heterocycles. The fourth-order valence-electron chi connectivity index (χ4n) is 2.58. The van der Waals surface area contributed by atoms with E-state index in [2.05, 4.69) is 24.1 Å². The van der Waals surface area contributed by atoms with Crippen LogP contribution >= 0.6 is 24.8 Å². The lowest BCUT2D eigenvalue weighted by Gasteiger charge is -2.57. The third kappa shape index (κ3) is 4.71. The van der Waals surface area contributed by atoms with E-state index in [0.717, 1.165) is 6.54 Å². The number of likely N-dealkylation sites (N-methyl/N-ethyl adjacent to an activating group) is 1. The number of carbonyl (C=O) groups is 1. The maximum Gasteiger partial charge on any atom is 0.240 e. The van der Waals surface area contributed by atoms with Gasteiger partial charge in [0.2, 0.25) is 5.91 Å². The van der Waals surface area contributed by atoms with E-state index in [-0.39, 0.29) is 42.2 Å². The smallest absolute Gasteiger partial charge is 0.240 e. The number of nitrogens with zero attached hydrogens (tertiary/aromatic N) is 1. The van der Waals surface area contributed by atoms with Crippen LogP contribution in [0.5, 0.6) is 0 Å². The Bertz CT molecular complexity index is 354. The van der Waals surface area contributed by atoms with E-state index in [4.69, 9.17) is 10.5 Å². The normalized spacial score (nSPS) is 26.0. The van der Waals surface area contributed by atoms with Crippen molar-refractivity contribution in [2.24, 2.45) is 11.1 Å². The molecule has 2 atom stereocenters. The first kappa shape index (κ1) is 24.2. The lowest BCUT2D eigenvalue weighted by molar-refractivity contribution is -0.170. The Morgan fingerprint density at radius 3 is 2.36 bits per heavy atom. The number of halogens is 2. The molecule has 7 heteroatoms. The molecular formula is C15H33Cl2N3O2. The van der Waals surface area contributed by atoms with Crippen molar-refractivity contribution in [2.75, 3.05) is 26.7 Å². The Kier molecular flexibility index (Phi) is 10.2. The van der Waals surface area contributed by atoms with Gasteiger partial charge in [0.05, 0.1) is 6.10 Å². The second kappa shape index (κ2) is 9.28. The number of hydrogen-bond donors (Lipinski definition) is 2. The minimum absolute atomic E-state index is 0. The molecule has 0 aromatic rings. The predicted octanol–water partition coefficient (Wildman–Crippen LogP) is 1.82. The van der Waals surface area contributed by atoms with Crippen molar-refractivity contribution in [3.05, 3.63) is 0 Å². The Morgan fingerprint density at radius 1 is 1.41 bits per heavy atom. The molecule has 3 N–H and O–H groups in total. The van der Waals surface area contributed by atoms with Gasteiger partial charge in [-0.1, -0.05) is 13.8 Å². The molecular weight excluding hydrogens is 325 g/mol. The van der Waals surface area contributed by atoms with Crippen molar-refractivity contribution in [3.8, 4) is 0 Å². The van der Waals surface area contributed by atoms with Crippen LogP contribution in [-0.4, -0.2) is 55.2 Å². The summed E-state index contributed by atoms with van der Waals surface area (Å²) in [5, 5.41) is 2.97. The lowest BCUT2D eigenvalue weighted by atomic mass is 9.54. The zero-order valence-electron chi connectivity index (χ0n) is 14.6. The van der Waals surface area contributed by atoms with E-state index in [1.165, 1.54) is 0 Å². The average molecular weight is 358 g/mol. The first-order chi connectivity index (χ1) is 9.16. The van der Waals surface area contributed by atoms with Gasteiger partial charge >= 0.3 is 0 Å². The SMILES string of the molecule is CCOC1CC(N)(C(=O)NCCN(C)C(C)C)C1(C)C.Cl.Cl. The van der Waals surface area contributed by atoms with Gasteiger partial charge in [0, 0.05) is 37.6 Å². The highest BCUT2D eigenvalue weighted by atomic mass is 35.5. The number of hydrogen-bond acceptors (Lipinski definition) is 4. The molecule has 0 spiro atoms. The van der Waals surface area contributed by atoms with Gasteiger partial charge in [0.15, 0.2) is 0 Å². The maximum absolute atomic E-state index is 12.4. The fraction of sp³-hybridized carbons (Fsp3) is 0.933.